The molecule has 50 valence electrons. The van der Waals surface area contributed by atoms with E-state index in [4.69, 9.17) is 0 Å². The Labute approximate surface area is 54.7 Å². The average molecular weight is 125 g/mol. The van der Waals surface area contributed by atoms with E-state index in [0.29, 0.717) is 0 Å². The van der Waals surface area contributed by atoms with Gasteiger partial charge in [-0.1, -0.05) is 0 Å². The Morgan fingerprint density at radius 2 is 2.56 bits per heavy atom. The van der Waals surface area contributed by atoms with E-state index >= 15 is 0 Å². The maximum Gasteiger partial charge on any atom is 0.0466 e. The predicted octanol–water partition coefficient (Wildman–Crippen LogP) is -0.706. The topological polar surface area (TPSA) is 27.3 Å². The van der Waals surface area contributed by atoms with Crippen LogP contribution in [0, 0.1) is 0 Å². The first-order chi connectivity index (χ1) is 4.47. The minimum atomic E-state index is 1.01. The van der Waals surface area contributed by atoms with E-state index < -0.39 is 0 Å². The summed E-state index contributed by atoms with van der Waals surface area (Å²) in [6.45, 7) is 4.25. The van der Waals surface area contributed by atoms with Crippen molar-refractivity contribution in [2.45, 2.75) is 0 Å². The number of nitrogens with one attached hydrogen (secondary N) is 2. The third kappa shape index (κ3) is 0.821. The summed E-state index contributed by atoms with van der Waals surface area (Å²) in [4.78, 5) is 0. The summed E-state index contributed by atoms with van der Waals surface area (Å²) < 4.78 is 0. The van der Waals surface area contributed by atoms with Crippen LogP contribution in [0.5, 0.6) is 0 Å². The van der Waals surface area contributed by atoms with Gasteiger partial charge in [0.25, 0.3) is 0 Å². The number of hydrogen-bond acceptors (Lipinski definition) is 3. The molecule has 2 N–H and O–H groups in total. The molecule has 1 saturated heterocycles. The Hall–Kier alpha value is -0.540. The summed E-state index contributed by atoms with van der Waals surface area (Å²) in [5.41, 5.74) is 4.66. The van der Waals surface area contributed by atoms with Crippen LogP contribution in [0.2, 0.25) is 0 Å². The molecule has 2 rings (SSSR count). The number of hydrazine groups is 1. The molecule has 2 heterocycles. The molecule has 0 aliphatic carbocycles. The van der Waals surface area contributed by atoms with Gasteiger partial charge in [0.1, 0.15) is 0 Å². The fourth-order valence-electron chi connectivity index (χ4n) is 1.28. The Morgan fingerprint density at radius 3 is 3.44 bits per heavy atom. The predicted molar refractivity (Wildman–Crippen MR) is 35.7 cm³/mol. The zero-order valence-corrected chi connectivity index (χ0v) is 5.35. The van der Waals surface area contributed by atoms with Crippen LogP contribution in [-0.2, 0) is 0 Å². The molecule has 2 aliphatic rings. The average Bonchev–Trinajstić information content (AvgIpc) is 2.33. The molecule has 0 amide bonds. The van der Waals surface area contributed by atoms with Gasteiger partial charge in [-0.05, 0) is 6.08 Å². The molecule has 0 atom stereocenters. The zero-order valence-electron chi connectivity index (χ0n) is 5.35. The minimum Gasteiger partial charge on any atom is -0.310 e. The summed E-state index contributed by atoms with van der Waals surface area (Å²) >= 11 is 0. The Balaban J connectivity index is 2.09. The molecular formula is C6H11N3. The van der Waals surface area contributed by atoms with E-state index in [0.717, 1.165) is 26.2 Å². The van der Waals surface area contributed by atoms with Crippen LogP contribution in [-0.4, -0.2) is 31.2 Å². The second kappa shape index (κ2) is 2.01. The lowest BCUT2D eigenvalue weighted by Crippen LogP contribution is -2.44. The van der Waals surface area contributed by atoms with Crippen LogP contribution in [0.3, 0.4) is 0 Å². The molecule has 0 aromatic heterocycles. The molecule has 3 heteroatoms. The van der Waals surface area contributed by atoms with E-state index in [-0.39, 0.29) is 0 Å². The van der Waals surface area contributed by atoms with Crippen LogP contribution < -0.4 is 10.7 Å². The van der Waals surface area contributed by atoms with Crippen molar-refractivity contribution in [3.63, 3.8) is 0 Å². The first kappa shape index (κ1) is 5.26. The van der Waals surface area contributed by atoms with Crippen molar-refractivity contribution in [3.05, 3.63) is 11.8 Å². The van der Waals surface area contributed by atoms with Crippen molar-refractivity contribution in [2.75, 3.05) is 26.2 Å². The molecule has 1 fully saturated rings. The van der Waals surface area contributed by atoms with E-state index in [1.807, 2.05) is 0 Å². The van der Waals surface area contributed by atoms with Crippen molar-refractivity contribution in [1.29, 1.82) is 0 Å². The lowest BCUT2D eigenvalue weighted by molar-refractivity contribution is 0.250. The highest BCUT2D eigenvalue weighted by molar-refractivity contribution is 5.10. The van der Waals surface area contributed by atoms with Gasteiger partial charge in [-0.25, -0.2) is 5.43 Å². The summed E-state index contributed by atoms with van der Waals surface area (Å²) in [6.07, 6.45) is 2.23. The van der Waals surface area contributed by atoms with Gasteiger partial charge in [-0.3, -0.25) is 0 Å². The van der Waals surface area contributed by atoms with E-state index in [1.165, 1.54) is 5.70 Å². The second-order valence-electron chi connectivity index (χ2n) is 2.39. The number of hydrogen-bond donors (Lipinski definition) is 2. The highest BCUT2D eigenvalue weighted by Gasteiger charge is 2.16. The summed E-state index contributed by atoms with van der Waals surface area (Å²) in [5.74, 6) is 0. The smallest absolute Gasteiger partial charge is 0.0466 e. The van der Waals surface area contributed by atoms with Crippen molar-refractivity contribution in [2.24, 2.45) is 0 Å². The molecule has 0 unspecified atom stereocenters. The lowest BCUT2D eigenvalue weighted by Gasteiger charge is -2.27. The van der Waals surface area contributed by atoms with Gasteiger partial charge < -0.3 is 10.3 Å². The molecule has 0 aromatic carbocycles. The van der Waals surface area contributed by atoms with Crippen LogP contribution >= 0.6 is 0 Å². The Bertz CT molecular complexity index is 141. The molecule has 0 aromatic rings. The minimum absolute atomic E-state index is 1.01. The maximum absolute atomic E-state index is 3.31. The maximum atomic E-state index is 3.31. The first-order valence-corrected chi connectivity index (χ1v) is 3.37. The number of nitrogens with zero attached hydrogens (tertiary/aromatic N) is 1. The number of piperazine rings is 1. The highest BCUT2D eigenvalue weighted by Crippen LogP contribution is 2.07. The monoisotopic (exact) mass is 125 g/mol. The molecule has 2 aliphatic heterocycles. The van der Waals surface area contributed by atoms with Gasteiger partial charge in [-0.2, -0.15) is 0 Å². The molecular weight excluding hydrogens is 114 g/mol. The van der Waals surface area contributed by atoms with Gasteiger partial charge in [0, 0.05) is 31.9 Å². The van der Waals surface area contributed by atoms with Crippen LogP contribution in [0.15, 0.2) is 11.8 Å². The van der Waals surface area contributed by atoms with E-state index in [2.05, 4.69) is 21.8 Å². The molecule has 0 spiro atoms. The standard InChI is InChI=1S/C6H11N3/c1-2-8-9-4-3-7-5-6(1)9/h1,7-8H,2-5H2. The van der Waals surface area contributed by atoms with E-state index in [1.54, 1.807) is 0 Å². The molecule has 3 nitrogen and oxygen atoms in total. The van der Waals surface area contributed by atoms with Crippen molar-refractivity contribution < 1.29 is 0 Å². The third-order valence-electron chi connectivity index (χ3n) is 1.78. The summed E-state index contributed by atoms with van der Waals surface area (Å²) in [6, 6.07) is 0. The van der Waals surface area contributed by atoms with Gasteiger partial charge in [0.15, 0.2) is 0 Å². The quantitative estimate of drug-likeness (QED) is 0.448. The summed E-state index contributed by atoms with van der Waals surface area (Å²) in [5, 5.41) is 5.52. The largest absolute Gasteiger partial charge is 0.310 e. The van der Waals surface area contributed by atoms with Gasteiger partial charge in [-0.15, -0.1) is 0 Å². The fourth-order valence-corrected chi connectivity index (χ4v) is 1.28. The molecule has 0 radical (unpaired) electrons. The molecule has 9 heavy (non-hydrogen) atoms. The number of fused-ring (bicyclic) bond motifs is 1. The van der Waals surface area contributed by atoms with E-state index in [9.17, 15) is 0 Å². The van der Waals surface area contributed by atoms with Gasteiger partial charge >= 0.3 is 0 Å². The summed E-state index contributed by atoms with van der Waals surface area (Å²) in [7, 11) is 0. The lowest BCUT2D eigenvalue weighted by atomic mass is 10.3. The normalized spacial score (nSPS) is 25.8. The van der Waals surface area contributed by atoms with Crippen molar-refractivity contribution >= 4 is 0 Å². The first-order valence-electron chi connectivity index (χ1n) is 3.37. The van der Waals surface area contributed by atoms with Crippen LogP contribution in [0.1, 0.15) is 0 Å². The third-order valence-corrected chi connectivity index (χ3v) is 1.78. The highest BCUT2D eigenvalue weighted by atomic mass is 15.5. The molecule has 0 saturated carbocycles. The van der Waals surface area contributed by atoms with Crippen molar-refractivity contribution in [1.82, 2.24) is 15.8 Å². The van der Waals surface area contributed by atoms with Crippen LogP contribution in [0.4, 0.5) is 0 Å². The second-order valence-corrected chi connectivity index (χ2v) is 2.39. The van der Waals surface area contributed by atoms with Crippen LogP contribution in [0.25, 0.3) is 0 Å². The zero-order chi connectivity index (χ0) is 6.10. The Kier molecular flexibility index (Phi) is 1.17. The number of rotatable bonds is 0. The Morgan fingerprint density at radius 1 is 1.56 bits per heavy atom. The van der Waals surface area contributed by atoms with Crippen molar-refractivity contribution in [3.8, 4) is 0 Å². The molecule has 0 bridgehead atoms. The SMILES string of the molecule is C1=C2CNCCN2NC1. The van der Waals surface area contributed by atoms with Gasteiger partial charge in [0.2, 0.25) is 0 Å². The van der Waals surface area contributed by atoms with Gasteiger partial charge in [0.05, 0.1) is 0 Å². The fraction of sp³-hybridized carbons (Fsp3) is 0.667.